The molecule has 3 heterocycles. The second-order valence-electron chi connectivity index (χ2n) is 15.3. The van der Waals surface area contributed by atoms with Crippen LogP contribution in [-0.2, 0) is 31.6 Å². The zero-order valence-electron chi connectivity index (χ0n) is 35.2. The van der Waals surface area contributed by atoms with Gasteiger partial charge in [-0.2, -0.15) is 0 Å². The second kappa shape index (κ2) is 19.7. The summed E-state index contributed by atoms with van der Waals surface area (Å²) in [4.78, 5) is 85.3. The van der Waals surface area contributed by atoms with Crippen molar-refractivity contribution in [2.45, 2.75) is 51.0 Å². The fraction of sp³-hybridized carbons (Fsp3) is 0.350. The third-order valence-corrected chi connectivity index (χ3v) is 13.8. The number of hydrogen-bond donors (Lipinski definition) is 4. The lowest BCUT2D eigenvalue weighted by atomic mass is 9.90. The van der Waals surface area contributed by atoms with E-state index in [2.05, 4.69) is 23.4 Å². The number of aromatic amines is 1. The molecule has 4 N–H and O–H groups in total. The molecule has 3 aliphatic rings. The Morgan fingerprint density at radius 1 is 1.02 bits per heavy atom. The number of aryl methyl sites for hydroxylation is 1. The van der Waals surface area contributed by atoms with Crippen LogP contribution in [0.4, 0.5) is 5.69 Å². The van der Waals surface area contributed by atoms with Crippen LogP contribution < -0.4 is 46.1 Å². The summed E-state index contributed by atoms with van der Waals surface area (Å²) in [6.07, 6.45) is 1.52. The number of fused-ring (bicyclic) bond motifs is 2. The number of benzene rings is 3. The smallest absolute Gasteiger partial charge is 0.330 e. The predicted octanol–water partition coefficient (Wildman–Crippen LogP) is 2.17. The fourth-order valence-corrected chi connectivity index (χ4v) is 9.92. The van der Waals surface area contributed by atoms with Gasteiger partial charge in [0.15, 0.2) is 6.23 Å². The summed E-state index contributed by atoms with van der Waals surface area (Å²) in [6.45, 7) is 1.42. The van der Waals surface area contributed by atoms with Crippen molar-refractivity contribution in [3.8, 4) is 22.5 Å². The zero-order chi connectivity index (χ0) is 46.7. The van der Waals surface area contributed by atoms with Crippen LogP contribution in [0.2, 0.25) is 0 Å². The van der Waals surface area contributed by atoms with E-state index in [1.807, 2.05) is 93.1 Å². The summed E-state index contributed by atoms with van der Waals surface area (Å²) in [5.41, 5.74) is 4.25. The Hall–Kier alpha value is -4.85. The van der Waals surface area contributed by atoms with E-state index >= 15 is 0 Å². The second-order valence-corrected chi connectivity index (χ2v) is 19.6. The highest BCUT2D eigenvalue weighted by molar-refractivity contribution is 7.65. The van der Waals surface area contributed by atoms with Crippen molar-refractivity contribution < 1.29 is 65.5 Å². The maximum absolute atomic E-state index is 13.5. The number of H-pyrrole nitrogens is 1. The van der Waals surface area contributed by atoms with E-state index in [1.54, 1.807) is 12.1 Å². The van der Waals surface area contributed by atoms with Gasteiger partial charge in [0.25, 0.3) is 34.9 Å². The number of carbonyl (C=O) groups is 1. The lowest BCUT2D eigenvalue weighted by Gasteiger charge is -2.32. The Morgan fingerprint density at radius 2 is 1.77 bits per heavy atom. The molecule has 6 rings (SSSR count). The number of carbonyl (C=O) groups excluding carboxylic acids is 1. The van der Waals surface area contributed by atoms with E-state index in [4.69, 9.17) is 14.0 Å². The van der Waals surface area contributed by atoms with Gasteiger partial charge in [0.2, 0.25) is 5.36 Å². The minimum absolute atomic E-state index is 0.0192. The SMILES string of the molecule is Cc1ccc(C(=O)NCCCC/C=C/c2cn([C@@H]3O[C@H](COP(=O)([O-])OP(=O)([O-])OP(=O)([O-])O)CC3O)c(=O)[nH]c2=O)cc1-c1c2ccc(=[N+](C)C)cc-2oc2cc(N(C)C)ccc12. The Morgan fingerprint density at radius 3 is 2.47 bits per heavy atom. The lowest BCUT2D eigenvalue weighted by molar-refractivity contribution is -0.250. The van der Waals surface area contributed by atoms with Crippen LogP contribution in [0.1, 0.15) is 53.4 Å². The summed E-state index contributed by atoms with van der Waals surface area (Å²) in [5.74, 6) is 0.465. The number of amides is 1. The topological polar surface area (TPSA) is 301 Å². The zero-order valence-corrected chi connectivity index (χ0v) is 37.9. The van der Waals surface area contributed by atoms with Gasteiger partial charge in [0, 0.05) is 73.2 Å². The number of ether oxygens (including phenoxy) is 1. The van der Waals surface area contributed by atoms with Gasteiger partial charge in [0.05, 0.1) is 24.3 Å². The van der Waals surface area contributed by atoms with E-state index in [0.717, 1.165) is 49.4 Å². The maximum Gasteiger partial charge on any atom is 0.330 e. The van der Waals surface area contributed by atoms with Gasteiger partial charge in [-0.3, -0.25) is 32.8 Å². The summed E-state index contributed by atoms with van der Waals surface area (Å²) in [6, 6.07) is 17.8. The fourth-order valence-electron chi connectivity index (χ4n) is 7.01. The molecule has 6 atom stereocenters. The molecule has 21 nitrogen and oxygen atoms in total. The first kappa shape index (κ1) is 48.6. The highest BCUT2D eigenvalue weighted by Gasteiger charge is 2.37. The first-order valence-electron chi connectivity index (χ1n) is 19.7. The third kappa shape index (κ3) is 12.1. The molecule has 0 spiro atoms. The Labute approximate surface area is 365 Å². The van der Waals surface area contributed by atoms with Crippen LogP contribution in [0.3, 0.4) is 0 Å². The predicted molar refractivity (Wildman–Crippen MR) is 229 cm³/mol. The Kier molecular flexibility index (Phi) is 15.0. The van der Waals surface area contributed by atoms with E-state index in [0.29, 0.717) is 42.7 Å². The number of anilines is 1. The molecule has 3 aromatic rings. The monoisotopic (exact) mass is 945 g/mol. The normalized spacial score (nSPS) is 19.4. The average molecular weight is 946 g/mol. The maximum atomic E-state index is 13.5. The molecule has 1 saturated heterocycles. The number of hydrogen-bond acceptors (Lipinski definition) is 16. The molecule has 1 aliphatic carbocycles. The van der Waals surface area contributed by atoms with E-state index in [1.165, 1.54) is 6.08 Å². The molecule has 24 heteroatoms. The molecule has 64 heavy (non-hydrogen) atoms. The van der Waals surface area contributed by atoms with Gasteiger partial charge in [0.1, 0.15) is 31.5 Å². The van der Waals surface area contributed by atoms with E-state index in [9.17, 15) is 47.9 Å². The molecule has 1 fully saturated rings. The standard InChI is InChI=1S/C40H48N5O16P3/c1-24-11-12-25(18-32(24)36-30-15-13-27(43(2)3)19-34(30)59-35-20-28(44(4)5)14-16-31(35)36)37(47)41-17-9-7-6-8-10-26-22-45(40(49)42-38(26)48)39-33(46)21-29(58-39)23-57-63(53,54)61-64(55,56)60-62(50,51)52/h8,10-16,18-20,22,29,33,39,46H,6-7,9,17,21,23H2,1-5H3,(H5-,41,42,47,48,49,50,51,52,53,54,55,56)/p-2/b10-8+/t29-,33?,39+/m0/s1. The number of rotatable bonds is 17. The number of unbranched alkanes of at least 4 members (excludes halogenated alkanes) is 2. The van der Waals surface area contributed by atoms with E-state index < -0.39 is 59.8 Å². The summed E-state index contributed by atoms with van der Waals surface area (Å²) in [7, 11) is -9.99. The van der Waals surface area contributed by atoms with E-state index in [-0.39, 0.29) is 17.9 Å². The van der Waals surface area contributed by atoms with Gasteiger partial charge in [-0.1, -0.05) is 18.2 Å². The Bertz CT molecular complexity index is 2900. The molecule has 1 amide bonds. The molecule has 2 aromatic carbocycles. The molecular formula is C40H46N5O16P3-2. The van der Waals surface area contributed by atoms with Crippen molar-refractivity contribution in [2.24, 2.45) is 0 Å². The van der Waals surface area contributed by atoms with Crippen molar-refractivity contribution in [3.63, 3.8) is 0 Å². The first-order chi connectivity index (χ1) is 30.0. The van der Waals surface area contributed by atoms with Crippen LogP contribution >= 0.6 is 23.5 Å². The number of aliphatic hydroxyl groups excluding tert-OH is 1. The minimum Gasteiger partial charge on any atom is -0.756 e. The van der Waals surface area contributed by atoms with Gasteiger partial charge >= 0.3 is 5.69 Å². The van der Waals surface area contributed by atoms with Crippen molar-refractivity contribution in [1.82, 2.24) is 19.4 Å². The van der Waals surface area contributed by atoms with Crippen molar-refractivity contribution in [3.05, 3.63) is 110 Å². The van der Waals surface area contributed by atoms with Gasteiger partial charge in [-0.05, 0) is 67.6 Å². The van der Waals surface area contributed by atoms with Crippen molar-refractivity contribution in [2.75, 3.05) is 46.2 Å². The summed E-state index contributed by atoms with van der Waals surface area (Å²) in [5, 5.41) is 15.5. The molecule has 1 aromatic heterocycles. The number of phosphoric acid groups is 3. The van der Waals surface area contributed by atoms with Gasteiger partial charge in [-0.15, -0.1) is 0 Å². The average Bonchev–Trinajstić information content (AvgIpc) is 3.57. The minimum atomic E-state index is -6.12. The molecule has 344 valence electrons. The van der Waals surface area contributed by atoms with Crippen LogP contribution in [0.15, 0.2) is 80.9 Å². The number of allylic oxidation sites excluding steroid dienone is 1. The van der Waals surface area contributed by atoms with Crippen LogP contribution in [0.25, 0.3) is 39.5 Å². The van der Waals surface area contributed by atoms with Gasteiger partial charge in [-0.25, -0.2) is 18.0 Å². The molecule has 0 saturated carbocycles. The van der Waals surface area contributed by atoms with Crippen molar-refractivity contribution in [1.29, 1.82) is 0 Å². The number of aromatic nitrogens is 2. The van der Waals surface area contributed by atoms with Crippen LogP contribution in [0.5, 0.6) is 0 Å². The number of phosphoric ester groups is 1. The highest BCUT2D eigenvalue weighted by atomic mass is 31.3. The molecule has 4 unspecified atom stereocenters. The molecular weight excluding hydrogens is 899 g/mol. The number of aliphatic hydroxyl groups is 1. The Balaban J connectivity index is 1.06. The number of nitrogens with one attached hydrogen (secondary N) is 2. The lowest BCUT2D eigenvalue weighted by Crippen LogP contribution is -2.36. The van der Waals surface area contributed by atoms with Crippen LogP contribution in [-0.4, -0.2) is 79.0 Å². The van der Waals surface area contributed by atoms with Crippen LogP contribution in [0, 0.1) is 6.92 Å². The summed E-state index contributed by atoms with van der Waals surface area (Å²) < 4.78 is 60.1. The molecule has 0 radical (unpaired) electrons. The quantitative estimate of drug-likeness (QED) is 0.0449. The van der Waals surface area contributed by atoms with Gasteiger partial charge < -0.3 is 48.6 Å². The third-order valence-electron chi connectivity index (χ3n) is 10.1. The number of nitrogens with zero attached hydrogens (tertiary/aromatic N) is 3. The largest absolute Gasteiger partial charge is 0.756 e. The molecule has 2 aliphatic heterocycles. The molecule has 0 bridgehead atoms. The highest BCUT2D eigenvalue weighted by Crippen LogP contribution is 2.61. The van der Waals surface area contributed by atoms with Crippen molar-refractivity contribution >= 4 is 52.1 Å². The first-order valence-corrected chi connectivity index (χ1v) is 24.1. The summed E-state index contributed by atoms with van der Waals surface area (Å²) >= 11 is 0.